The van der Waals surface area contributed by atoms with Crippen LogP contribution in [0.3, 0.4) is 0 Å². The van der Waals surface area contributed by atoms with Crippen LogP contribution >= 0.6 is 0 Å². The molecule has 31 heavy (non-hydrogen) atoms. The molecular weight excluding hydrogens is 390 g/mol. The highest BCUT2D eigenvalue weighted by molar-refractivity contribution is 5.95. The van der Waals surface area contributed by atoms with Gasteiger partial charge < -0.3 is 19.3 Å². The topological polar surface area (TPSA) is 45.3 Å². The third-order valence-corrected chi connectivity index (χ3v) is 7.35. The van der Waals surface area contributed by atoms with E-state index in [1.54, 1.807) is 7.11 Å². The van der Waals surface area contributed by atoms with Crippen molar-refractivity contribution in [2.45, 2.75) is 70.6 Å². The van der Waals surface area contributed by atoms with Gasteiger partial charge in [-0.15, -0.1) is 0 Å². The van der Waals surface area contributed by atoms with Gasteiger partial charge in [0.05, 0.1) is 7.11 Å². The molecule has 3 fully saturated rings. The van der Waals surface area contributed by atoms with Crippen molar-refractivity contribution in [3.05, 3.63) is 23.8 Å². The third kappa shape index (κ3) is 5.35. The molecule has 1 amide bonds. The number of hydrogen-bond acceptors (Lipinski definition) is 5. The highest BCUT2D eigenvalue weighted by Crippen LogP contribution is 2.32. The Morgan fingerprint density at radius 2 is 1.61 bits per heavy atom. The van der Waals surface area contributed by atoms with Crippen molar-refractivity contribution in [1.29, 1.82) is 0 Å². The molecule has 1 aromatic carbocycles. The Morgan fingerprint density at radius 1 is 0.935 bits per heavy atom. The van der Waals surface area contributed by atoms with Crippen molar-refractivity contribution in [1.82, 2.24) is 14.7 Å². The summed E-state index contributed by atoms with van der Waals surface area (Å²) in [5.74, 6) is 1.50. The van der Waals surface area contributed by atoms with Crippen molar-refractivity contribution in [3.63, 3.8) is 0 Å². The number of piperazine rings is 1. The molecule has 172 valence electrons. The van der Waals surface area contributed by atoms with E-state index in [0.717, 1.165) is 58.2 Å². The maximum atomic E-state index is 13.2. The van der Waals surface area contributed by atoms with Gasteiger partial charge in [0.1, 0.15) is 6.10 Å². The van der Waals surface area contributed by atoms with Crippen LogP contribution in [0, 0.1) is 0 Å². The summed E-state index contributed by atoms with van der Waals surface area (Å²) in [5.41, 5.74) is 0.699. The second-order valence-corrected chi connectivity index (χ2v) is 9.58. The van der Waals surface area contributed by atoms with Crippen molar-refractivity contribution in [3.8, 4) is 11.5 Å². The summed E-state index contributed by atoms with van der Waals surface area (Å²) < 4.78 is 11.9. The molecule has 4 rings (SSSR count). The normalized spacial score (nSPS) is 22.3. The Kier molecular flexibility index (Phi) is 7.39. The number of methoxy groups -OCH3 is 1. The molecule has 1 saturated carbocycles. The molecule has 1 aliphatic carbocycles. The number of piperidine rings is 1. The Morgan fingerprint density at radius 3 is 2.23 bits per heavy atom. The number of likely N-dealkylation sites (tertiary alicyclic amines) is 1. The SMILES string of the molecule is COc1ccc(C(=O)N2CCN(C3CCCC3)CC2)cc1OC1CCN(C(C)C)CC1. The first kappa shape index (κ1) is 22.4. The van der Waals surface area contributed by atoms with Gasteiger partial charge >= 0.3 is 0 Å². The Bertz CT molecular complexity index is 732. The first-order valence-electron chi connectivity index (χ1n) is 12.2. The lowest BCUT2D eigenvalue weighted by Crippen LogP contribution is -2.51. The molecular formula is C25H39N3O3. The van der Waals surface area contributed by atoms with Crippen LogP contribution in [-0.4, -0.2) is 85.2 Å². The molecule has 6 heteroatoms. The predicted octanol–water partition coefficient (Wildman–Crippen LogP) is 3.65. The van der Waals surface area contributed by atoms with Gasteiger partial charge in [0, 0.05) is 56.9 Å². The molecule has 0 spiro atoms. The van der Waals surface area contributed by atoms with E-state index < -0.39 is 0 Å². The Labute approximate surface area is 187 Å². The Balaban J connectivity index is 1.37. The monoisotopic (exact) mass is 429 g/mol. The minimum Gasteiger partial charge on any atom is -0.493 e. The number of carbonyl (C=O) groups is 1. The average Bonchev–Trinajstić information content (AvgIpc) is 3.34. The molecule has 0 atom stereocenters. The Hall–Kier alpha value is -1.79. The van der Waals surface area contributed by atoms with Gasteiger partial charge in [0.15, 0.2) is 11.5 Å². The molecule has 3 aliphatic rings. The molecule has 1 aromatic rings. The number of hydrogen-bond donors (Lipinski definition) is 0. The zero-order valence-corrected chi connectivity index (χ0v) is 19.5. The number of rotatable bonds is 6. The van der Waals surface area contributed by atoms with Gasteiger partial charge in [-0.2, -0.15) is 0 Å². The molecule has 6 nitrogen and oxygen atoms in total. The van der Waals surface area contributed by atoms with Gasteiger partial charge in [-0.3, -0.25) is 9.69 Å². The fourth-order valence-corrected chi connectivity index (χ4v) is 5.33. The van der Waals surface area contributed by atoms with Crippen molar-refractivity contribution < 1.29 is 14.3 Å². The minimum absolute atomic E-state index is 0.105. The van der Waals surface area contributed by atoms with Crippen LogP contribution in [0.1, 0.15) is 62.7 Å². The average molecular weight is 430 g/mol. The summed E-state index contributed by atoms with van der Waals surface area (Å²) in [5, 5.41) is 0. The fraction of sp³-hybridized carbons (Fsp3) is 0.720. The first-order valence-corrected chi connectivity index (χ1v) is 12.2. The highest BCUT2D eigenvalue weighted by Gasteiger charge is 2.29. The van der Waals surface area contributed by atoms with E-state index in [4.69, 9.17) is 9.47 Å². The van der Waals surface area contributed by atoms with Crippen LogP contribution in [0.15, 0.2) is 18.2 Å². The van der Waals surface area contributed by atoms with E-state index in [9.17, 15) is 4.79 Å². The van der Waals surface area contributed by atoms with Gasteiger partial charge in [-0.1, -0.05) is 12.8 Å². The quantitative estimate of drug-likeness (QED) is 0.691. The summed E-state index contributed by atoms with van der Waals surface area (Å²) >= 11 is 0. The summed E-state index contributed by atoms with van der Waals surface area (Å²) in [6, 6.07) is 6.95. The minimum atomic E-state index is 0.105. The smallest absolute Gasteiger partial charge is 0.254 e. The summed E-state index contributed by atoms with van der Waals surface area (Å²) in [6.07, 6.45) is 7.53. The van der Waals surface area contributed by atoms with Gasteiger partial charge in [-0.05, 0) is 57.7 Å². The maximum Gasteiger partial charge on any atom is 0.254 e. The molecule has 0 aromatic heterocycles. The van der Waals surface area contributed by atoms with E-state index in [-0.39, 0.29) is 12.0 Å². The molecule has 0 unspecified atom stereocenters. The lowest BCUT2D eigenvalue weighted by atomic mass is 10.1. The second kappa shape index (κ2) is 10.2. The second-order valence-electron chi connectivity index (χ2n) is 9.58. The number of amides is 1. The van der Waals surface area contributed by atoms with Crippen LogP contribution in [0.2, 0.25) is 0 Å². The van der Waals surface area contributed by atoms with Crippen molar-refractivity contribution in [2.75, 3.05) is 46.4 Å². The number of carbonyl (C=O) groups excluding carboxylic acids is 1. The molecule has 2 heterocycles. The van der Waals surface area contributed by atoms with Crippen molar-refractivity contribution in [2.24, 2.45) is 0 Å². The lowest BCUT2D eigenvalue weighted by Gasteiger charge is -2.38. The molecule has 0 N–H and O–H groups in total. The standard InChI is InChI=1S/C25H39N3O3/c1-19(2)26-12-10-22(11-13-26)31-24-18-20(8-9-23(24)30-3)25(29)28-16-14-27(15-17-28)21-6-4-5-7-21/h8-9,18-19,21-22H,4-7,10-17H2,1-3H3. The zero-order valence-electron chi connectivity index (χ0n) is 19.5. The fourth-order valence-electron chi connectivity index (χ4n) is 5.33. The molecule has 0 bridgehead atoms. The van der Waals surface area contributed by atoms with Crippen LogP contribution < -0.4 is 9.47 Å². The maximum absolute atomic E-state index is 13.2. The zero-order chi connectivity index (χ0) is 21.8. The predicted molar refractivity (Wildman–Crippen MR) is 123 cm³/mol. The van der Waals surface area contributed by atoms with Crippen molar-refractivity contribution >= 4 is 5.91 Å². The number of benzene rings is 1. The third-order valence-electron chi connectivity index (χ3n) is 7.35. The number of ether oxygens (including phenoxy) is 2. The van der Waals surface area contributed by atoms with Gasteiger partial charge in [-0.25, -0.2) is 0 Å². The van der Waals surface area contributed by atoms with E-state index in [2.05, 4.69) is 23.6 Å². The van der Waals surface area contributed by atoms with Crippen LogP contribution in [0.5, 0.6) is 11.5 Å². The van der Waals surface area contributed by atoms with Crippen LogP contribution in [0.4, 0.5) is 0 Å². The van der Waals surface area contributed by atoms with E-state index in [0.29, 0.717) is 23.1 Å². The van der Waals surface area contributed by atoms with E-state index in [1.165, 1.54) is 25.7 Å². The largest absolute Gasteiger partial charge is 0.493 e. The molecule has 2 aliphatic heterocycles. The molecule has 2 saturated heterocycles. The highest BCUT2D eigenvalue weighted by atomic mass is 16.5. The van der Waals surface area contributed by atoms with Gasteiger partial charge in [0.25, 0.3) is 5.91 Å². The van der Waals surface area contributed by atoms with Crippen LogP contribution in [0.25, 0.3) is 0 Å². The summed E-state index contributed by atoms with van der Waals surface area (Å²) in [4.78, 5) is 20.3. The lowest BCUT2D eigenvalue weighted by molar-refractivity contribution is 0.0571. The van der Waals surface area contributed by atoms with E-state index in [1.807, 2.05) is 23.1 Å². The summed E-state index contributed by atoms with van der Waals surface area (Å²) in [6.45, 7) is 10.2. The molecule has 0 radical (unpaired) electrons. The van der Waals surface area contributed by atoms with Crippen LogP contribution in [-0.2, 0) is 0 Å². The first-order chi connectivity index (χ1) is 15.0. The number of nitrogens with zero attached hydrogens (tertiary/aromatic N) is 3. The van der Waals surface area contributed by atoms with E-state index >= 15 is 0 Å². The summed E-state index contributed by atoms with van der Waals surface area (Å²) in [7, 11) is 1.66. The van der Waals surface area contributed by atoms with Gasteiger partial charge in [0.2, 0.25) is 0 Å².